The van der Waals surface area contributed by atoms with Crippen molar-refractivity contribution in [3.63, 3.8) is 0 Å². The molecule has 4 heteroatoms. The highest BCUT2D eigenvalue weighted by Crippen LogP contribution is 2.18. The smallest absolute Gasteiger partial charge is 0.257 e. The molecule has 0 atom stereocenters. The van der Waals surface area contributed by atoms with Gasteiger partial charge in [0.15, 0.2) is 6.61 Å². The molecular formula is C17H28N2O2. The molecule has 0 radical (unpaired) electrons. The topological polar surface area (TPSA) is 50.4 Å². The number of hydrogen-bond donors (Lipinski definition) is 2. The fourth-order valence-corrected chi connectivity index (χ4v) is 1.66. The van der Waals surface area contributed by atoms with Crippen LogP contribution in [0.15, 0.2) is 24.3 Å². The van der Waals surface area contributed by atoms with E-state index >= 15 is 0 Å². The molecule has 21 heavy (non-hydrogen) atoms. The van der Waals surface area contributed by atoms with Crippen molar-refractivity contribution in [3.8, 4) is 5.75 Å². The van der Waals surface area contributed by atoms with Crippen LogP contribution in [0.25, 0.3) is 0 Å². The van der Waals surface area contributed by atoms with E-state index < -0.39 is 0 Å². The maximum absolute atomic E-state index is 11.7. The van der Waals surface area contributed by atoms with E-state index in [1.165, 1.54) is 0 Å². The van der Waals surface area contributed by atoms with Gasteiger partial charge in [-0.05, 0) is 32.8 Å². The standard InChI is InChI=1S/C17H28N2O2/c1-13(2)10-18-16(20)12-21-15-9-7-6-8-14(15)11-19-17(3,4)5/h6-9,13,19H,10-12H2,1-5H3,(H,18,20). The van der Waals surface area contributed by atoms with Crippen LogP contribution in [-0.4, -0.2) is 24.6 Å². The van der Waals surface area contributed by atoms with E-state index in [9.17, 15) is 4.79 Å². The summed E-state index contributed by atoms with van der Waals surface area (Å²) >= 11 is 0. The van der Waals surface area contributed by atoms with Gasteiger partial charge in [-0.15, -0.1) is 0 Å². The van der Waals surface area contributed by atoms with Gasteiger partial charge in [0, 0.05) is 24.2 Å². The van der Waals surface area contributed by atoms with Crippen LogP contribution in [0.3, 0.4) is 0 Å². The number of nitrogens with one attached hydrogen (secondary N) is 2. The predicted molar refractivity (Wildman–Crippen MR) is 86.4 cm³/mol. The van der Waals surface area contributed by atoms with Crippen LogP contribution < -0.4 is 15.4 Å². The van der Waals surface area contributed by atoms with Crippen LogP contribution in [0.2, 0.25) is 0 Å². The molecule has 0 aliphatic carbocycles. The molecule has 0 fully saturated rings. The van der Waals surface area contributed by atoms with Crippen molar-refractivity contribution >= 4 is 5.91 Å². The molecular weight excluding hydrogens is 264 g/mol. The quantitative estimate of drug-likeness (QED) is 0.812. The molecule has 0 saturated carbocycles. The first-order valence-corrected chi connectivity index (χ1v) is 7.50. The molecule has 1 amide bonds. The van der Waals surface area contributed by atoms with Crippen LogP contribution in [-0.2, 0) is 11.3 Å². The average Bonchev–Trinajstić information content (AvgIpc) is 2.40. The minimum absolute atomic E-state index is 0.0434. The van der Waals surface area contributed by atoms with Gasteiger partial charge in [0.2, 0.25) is 0 Å². The summed E-state index contributed by atoms with van der Waals surface area (Å²) in [6.07, 6.45) is 0. The number of ether oxygens (including phenoxy) is 1. The van der Waals surface area contributed by atoms with Crippen molar-refractivity contribution in [1.82, 2.24) is 10.6 Å². The summed E-state index contributed by atoms with van der Waals surface area (Å²) in [5, 5.41) is 6.27. The second kappa shape index (κ2) is 8.03. The highest BCUT2D eigenvalue weighted by molar-refractivity contribution is 5.77. The minimum atomic E-state index is -0.0812. The normalized spacial score (nSPS) is 11.5. The lowest BCUT2D eigenvalue weighted by atomic mass is 10.1. The monoisotopic (exact) mass is 292 g/mol. The highest BCUT2D eigenvalue weighted by atomic mass is 16.5. The molecule has 1 rings (SSSR count). The lowest BCUT2D eigenvalue weighted by Crippen LogP contribution is -2.35. The molecule has 0 aliphatic rings. The molecule has 2 N–H and O–H groups in total. The summed E-state index contributed by atoms with van der Waals surface area (Å²) in [7, 11) is 0. The molecule has 0 unspecified atom stereocenters. The zero-order valence-corrected chi connectivity index (χ0v) is 13.8. The Morgan fingerprint density at radius 1 is 1.24 bits per heavy atom. The van der Waals surface area contributed by atoms with Gasteiger partial charge in [0.25, 0.3) is 5.91 Å². The van der Waals surface area contributed by atoms with Crippen LogP contribution >= 0.6 is 0 Å². The molecule has 1 aromatic carbocycles. The summed E-state index contributed by atoms with van der Waals surface area (Å²) in [6, 6.07) is 7.81. The Kier molecular flexibility index (Phi) is 6.69. The molecule has 1 aromatic rings. The summed E-state index contributed by atoms with van der Waals surface area (Å²) < 4.78 is 5.64. The molecule has 0 saturated heterocycles. The van der Waals surface area contributed by atoms with Gasteiger partial charge in [0.05, 0.1) is 0 Å². The molecule has 4 nitrogen and oxygen atoms in total. The average molecular weight is 292 g/mol. The fourth-order valence-electron chi connectivity index (χ4n) is 1.66. The first-order valence-electron chi connectivity index (χ1n) is 7.50. The van der Waals surface area contributed by atoms with E-state index in [0.29, 0.717) is 19.0 Å². The third-order valence-electron chi connectivity index (χ3n) is 2.85. The Labute approximate surface area is 128 Å². The number of rotatable bonds is 7. The van der Waals surface area contributed by atoms with Crippen molar-refractivity contribution < 1.29 is 9.53 Å². The second-order valence-electron chi connectivity index (χ2n) is 6.70. The predicted octanol–water partition coefficient (Wildman–Crippen LogP) is 2.73. The Hall–Kier alpha value is -1.55. The van der Waals surface area contributed by atoms with Crippen molar-refractivity contribution in [2.24, 2.45) is 5.92 Å². The van der Waals surface area contributed by atoms with Crippen molar-refractivity contribution in [2.75, 3.05) is 13.2 Å². The Morgan fingerprint density at radius 2 is 1.90 bits per heavy atom. The van der Waals surface area contributed by atoms with Gasteiger partial charge < -0.3 is 15.4 Å². The summed E-state index contributed by atoms with van der Waals surface area (Å²) in [6.45, 7) is 11.9. The van der Waals surface area contributed by atoms with Crippen LogP contribution in [0.1, 0.15) is 40.2 Å². The number of carbonyl (C=O) groups is 1. The zero-order chi connectivity index (χ0) is 15.9. The Bertz CT molecular complexity index is 450. The van der Waals surface area contributed by atoms with Gasteiger partial charge in [-0.25, -0.2) is 0 Å². The van der Waals surface area contributed by atoms with E-state index in [1.54, 1.807) is 0 Å². The van der Waals surface area contributed by atoms with Crippen molar-refractivity contribution in [1.29, 1.82) is 0 Å². The molecule has 0 aliphatic heterocycles. The number of amides is 1. The van der Waals surface area contributed by atoms with Gasteiger partial charge in [0.1, 0.15) is 5.75 Å². The van der Waals surface area contributed by atoms with Gasteiger partial charge >= 0.3 is 0 Å². The van der Waals surface area contributed by atoms with Crippen LogP contribution in [0.4, 0.5) is 0 Å². The van der Waals surface area contributed by atoms with Gasteiger partial charge in [-0.1, -0.05) is 32.0 Å². The number of benzene rings is 1. The van der Waals surface area contributed by atoms with Crippen molar-refractivity contribution in [3.05, 3.63) is 29.8 Å². The third-order valence-corrected chi connectivity index (χ3v) is 2.85. The molecule has 0 spiro atoms. The Morgan fingerprint density at radius 3 is 2.52 bits per heavy atom. The van der Waals surface area contributed by atoms with Gasteiger partial charge in [-0.2, -0.15) is 0 Å². The van der Waals surface area contributed by atoms with E-state index in [2.05, 4.69) is 45.3 Å². The first kappa shape index (κ1) is 17.5. The highest BCUT2D eigenvalue weighted by Gasteiger charge is 2.11. The Balaban J connectivity index is 2.53. The van der Waals surface area contributed by atoms with E-state index in [-0.39, 0.29) is 18.1 Å². The maximum Gasteiger partial charge on any atom is 0.257 e. The van der Waals surface area contributed by atoms with Crippen LogP contribution in [0, 0.1) is 5.92 Å². The minimum Gasteiger partial charge on any atom is -0.483 e. The summed E-state index contributed by atoms with van der Waals surface area (Å²) in [4.78, 5) is 11.7. The zero-order valence-electron chi connectivity index (χ0n) is 13.8. The fraction of sp³-hybridized carbons (Fsp3) is 0.588. The maximum atomic E-state index is 11.7. The van der Waals surface area contributed by atoms with E-state index in [1.807, 2.05) is 24.3 Å². The molecule has 0 bridgehead atoms. The number of hydrogen-bond acceptors (Lipinski definition) is 3. The summed E-state index contributed by atoms with van der Waals surface area (Å²) in [5.41, 5.74) is 1.10. The first-order chi connectivity index (χ1) is 9.78. The molecule has 118 valence electrons. The number of para-hydroxylation sites is 1. The lowest BCUT2D eigenvalue weighted by Gasteiger charge is -2.21. The van der Waals surface area contributed by atoms with Crippen molar-refractivity contribution in [2.45, 2.75) is 46.7 Å². The lowest BCUT2D eigenvalue weighted by molar-refractivity contribution is -0.123. The van der Waals surface area contributed by atoms with Crippen LogP contribution in [0.5, 0.6) is 5.75 Å². The number of carbonyl (C=O) groups excluding carboxylic acids is 1. The van der Waals surface area contributed by atoms with E-state index in [0.717, 1.165) is 11.3 Å². The third kappa shape index (κ3) is 7.71. The van der Waals surface area contributed by atoms with Gasteiger partial charge in [-0.3, -0.25) is 4.79 Å². The van der Waals surface area contributed by atoms with E-state index in [4.69, 9.17) is 4.74 Å². The SMILES string of the molecule is CC(C)CNC(=O)COc1ccccc1CNC(C)(C)C. The molecule has 0 heterocycles. The summed E-state index contributed by atoms with van der Waals surface area (Å²) in [5.74, 6) is 1.12. The molecule has 0 aromatic heterocycles. The largest absolute Gasteiger partial charge is 0.483 e. The second-order valence-corrected chi connectivity index (χ2v) is 6.70.